The summed E-state index contributed by atoms with van der Waals surface area (Å²) in [4.78, 5) is 22.4. The van der Waals surface area contributed by atoms with Gasteiger partial charge >= 0.3 is 0 Å². The number of ether oxygens (including phenoxy) is 1. The smallest absolute Gasteiger partial charge is 0.257 e. The van der Waals surface area contributed by atoms with Crippen LogP contribution in [-0.2, 0) is 0 Å². The van der Waals surface area contributed by atoms with E-state index >= 15 is 0 Å². The lowest BCUT2D eigenvalue weighted by Gasteiger charge is -2.10. The Bertz CT molecular complexity index is 1240. The number of hydrogen-bond donors (Lipinski definition) is 2. The van der Waals surface area contributed by atoms with Gasteiger partial charge in [-0.25, -0.2) is 9.97 Å². The van der Waals surface area contributed by atoms with Gasteiger partial charge in [0.05, 0.1) is 17.6 Å². The van der Waals surface area contributed by atoms with E-state index in [0.29, 0.717) is 35.4 Å². The summed E-state index contributed by atoms with van der Waals surface area (Å²) in [6, 6.07) is 15.1. The molecule has 2 aromatic heterocycles. The SMILES string of the molecule is C=CCNC(=O)c1c(N)n(-c2ccc(OCCCC)cc2)c2nc3ccccc3nc12. The third-order valence-electron chi connectivity index (χ3n) is 4.99. The van der Waals surface area contributed by atoms with Crippen molar-refractivity contribution in [2.24, 2.45) is 0 Å². The number of nitrogens with one attached hydrogen (secondary N) is 1. The van der Waals surface area contributed by atoms with E-state index < -0.39 is 0 Å². The van der Waals surface area contributed by atoms with Crippen LogP contribution in [0.5, 0.6) is 5.75 Å². The van der Waals surface area contributed by atoms with E-state index in [1.54, 1.807) is 10.6 Å². The molecule has 0 fully saturated rings. The number of nitrogens with two attached hydrogens (primary N) is 1. The molecule has 0 aliphatic carbocycles. The summed E-state index contributed by atoms with van der Waals surface area (Å²) in [5.41, 5.74) is 9.98. The number of aromatic nitrogens is 3. The minimum Gasteiger partial charge on any atom is -0.494 e. The minimum absolute atomic E-state index is 0.284. The summed E-state index contributed by atoms with van der Waals surface area (Å²) in [7, 11) is 0. The van der Waals surface area contributed by atoms with Gasteiger partial charge in [-0.3, -0.25) is 9.36 Å². The van der Waals surface area contributed by atoms with Crippen LogP contribution in [0, 0.1) is 0 Å². The summed E-state index contributed by atoms with van der Waals surface area (Å²) >= 11 is 0. The lowest BCUT2D eigenvalue weighted by Crippen LogP contribution is -2.24. The number of carbonyl (C=O) groups excluding carboxylic acids is 1. The molecule has 7 nitrogen and oxygen atoms in total. The van der Waals surface area contributed by atoms with Crippen molar-refractivity contribution in [3.8, 4) is 11.4 Å². The summed E-state index contributed by atoms with van der Waals surface area (Å²) in [5, 5.41) is 2.79. The fourth-order valence-corrected chi connectivity index (χ4v) is 3.43. The first-order valence-electron chi connectivity index (χ1n) is 10.3. The summed E-state index contributed by atoms with van der Waals surface area (Å²) in [5.74, 6) is 0.754. The average Bonchev–Trinajstić information content (AvgIpc) is 3.07. The number of nitrogen functional groups attached to an aromatic ring is 1. The highest BCUT2D eigenvalue weighted by atomic mass is 16.5. The maximum absolute atomic E-state index is 12.9. The lowest BCUT2D eigenvalue weighted by molar-refractivity contribution is 0.0960. The molecule has 0 aliphatic heterocycles. The van der Waals surface area contributed by atoms with Crippen molar-refractivity contribution in [1.82, 2.24) is 19.9 Å². The zero-order chi connectivity index (χ0) is 21.8. The summed E-state index contributed by atoms with van der Waals surface area (Å²) < 4.78 is 7.52. The Hall–Kier alpha value is -3.87. The Labute approximate surface area is 180 Å². The van der Waals surface area contributed by atoms with Gasteiger partial charge in [0.25, 0.3) is 5.91 Å². The van der Waals surface area contributed by atoms with Crippen molar-refractivity contribution in [2.75, 3.05) is 18.9 Å². The molecule has 0 radical (unpaired) electrons. The molecule has 0 bridgehead atoms. The molecule has 4 aromatic rings. The molecule has 0 spiro atoms. The van der Waals surface area contributed by atoms with Crippen LogP contribution in [0.4, 0.5) is 5.82 Å². The molecule has 1 amide bonds. The zero-order valence-electron chi connectivity index (χ0n) is 17.5. The third kappa shape index (κ3) is 3.94. The van der Waals surface area contributed by atoms with Crippen molar-refractivity contribution in [3.05, 3.63) is 66.7 Å². The maximum atomic E-state index is 12.9. The first-order valence-corrected chi connectivity index (χ1v) is 10.3. The molecule has 2 aromatic carbocycles. The van der Waals surface area contributed by atoms with E-state index in [1.807, 2.05) is 48.5 Å². The molecule has 2 heterocycles. The summed E-state index contributed by atoms with van der Waals surface area (Å²) in [6.07, 6.45) is 3.70. The zero-order valence-corrected chi connectivity index (χ0v) is 17.5. The highest BCUT2D eigenvalue weighted by Gasteiger charge is 2.24. The molecule has 0 atom stereocenters. The van der Waals surface area contributed by atoms with Crippen LogP contribution in [-0.4, -0.2) is 33.6 Å². The number of nitrogens with zero attached hydrogens (tertiary/aromatic N) is 3. The molecule has 3 N–H and O–H groups in total. The van der Waals surface area contributed by atoms with Crippen molar-refractivity contribution in [1.29, 1.82) is 0 Å². The van der Waals surface area contributed by atoms with Crippen molar-refractivity contribution < 1.29 is 9.53 Å². The van der Waals surface area contributed by atoms with Crippen molar-refractivity contribution >= 4 is 33.9 Å². The molecular weight excluding hydrogens is 390 g/mol. The molecule has 31 heavy (non-hydrogen) atoms. The van der Waals surface area contributed by atoms with E-state index in [-0.39, 0.29) is 11.7 Å². The van der Waals surface area contributed by atoms with Crippen LogP contribution in [0.3, 0.4) is 0 Å². The minimum atomic E-state index is -0.315. The molecule has 0 saturated carbocycles. The number of unbranched alkanes of at least 4 members (excludes halogenated alkanes) is 1. The second-order valence-electron chi connectivity index (χ2n) is 7.17. The topological polar surface area (TPSA) is 95.1 Å². The first kappa shape index (κ1) is 20.4. The van der Waals surface area contributed by atoms with Gasteiger partial charge < -0.3 is 15.8 Å². The quantitative estimate of drug-likeness (QED) is 0.331. The van der Waals surface area contributed by atoms with Gasteiger partial charge in [-0.05, 0) is 42.8 Å². The molecule has 0 saturated heterocycles. The molecule has 0 aliphatic rings. The van der Waals surface area contributed by atoms with Crippen molar-refractivity contribution in [3.63, 3.8) is 0 Å². The third-order valence-corrected chi connectivity index (χ3v) is 4.99. The number of rotatable bonds is 8. The number of fused-ring (bicyclic) bond motifs is 2. The molecule has 158 valence electrons. The van der Waals surface area contributed by atoms with Crippen molar-refractivity contribution in [2.45, 2.75) is 19.8 Å². The van der Waals surface area contributed by atoms with E-state index in [4.69, 9.17) is 20.4 Å². The molecule has 4 rings (SSSR count). The normalized spacial score (nSPS) is 11.0. The maximum Gasteiger partial charge on any atom is 0.257 e. The van der Waals surface area contributed by atoms with Crippen LogP contribution in [0.15, 0.2) is 61.2 Å². The highest BCUT2D eigenvalue weighted by molar-refractivity contribution is 6.11. The number of anilines is 1. The molecule has 0 unspecified atom stereocenters. The van der Waals surface area contributed by atoms with Gasteiger partial charge in [0.2, 0.25) is 0 Å². The molecule has 7 heteroatoms. The van der Waals surface area contributed by atoms with Gasteiger partial charge in [-0.1, -0.05) is 31.6 Å². The standard InChI is InChI=1S/C24H25N5O2/c1-3-5-15-31-17-12-10-16(11-13-17)29-22(25)20(24(30)26-14-4-2)21-23(29)28-19-9-7-6-8-18(19)27-21/h4,6-13H,2-3,5,14-15,25H2,1H3,(H,26,30). The van der Waals surface area contributed by atoms with Crippen LogP contribution in [0.1, 0.15) is 30.1 Å². The fraction of sp³-hybridized carbons (Fsp3) is 0.208. The second-order valence-corrected chi connectivity index (χ2v) is 7.17. The molecular formula is C24H25N5O2. The van der Waals surface area contributed by atoms with E-state index in [2.05, 4.69) is 18.8 Å². The number of hydrogen-bond acceptors (Lipinski definition) is 5. The second kappa shape index (κ2) is 8.87. The first-order chi connectivity index (χ1) is 15.1. The van der Waals surface area contributed by atoms with Gasteiger partial charge in [-0.2, -0.15) is 0 Å². The van der Waals surface area contributed by atoms with E-state index in [0.717, 1.165) is 29.8 Å². The fourth-order valence-electron chi connectivity index (χ4n) is 3.43. The Morgan fingerprint density at radius 1 is 1.16 bits per heavy atom. The van der Waals surface area contributed by atoms with Gasteiger partial charge in [0.1, 0.15) is 22.6 Å². The van der Waals surface area contributed by atoms with Crippen LogP contribution < -0.4 is 15.8 Å². The lowest BCUT2D eigenvalue weighted by atomic mass is 10.2. The predicted octanol–water partition coefficient (Wildman–Crippen LogP) is 4.25. The van der Waals surface area contributed by atoms with E-state index in [9.17, 15) is 4.79 Å². The number of para-hydroxylation sites is 2. The Morgan fingerprint density at radius 2 is 1.87 bits per heavy atom. The van der Waals surface area contributed by atoms with Gasteiger partial charge in [-0.15, -0.1) is 6.58 Å². The van der Waals surface area contributed by atoms with Crippen LogP contribution >= 0.6 is 0 Å². The highest BCUT2D eigenvalue weighted by Crippen LogP contribution is 2.31. The largest absolute Gasteiger partial charge is 0.494 e. The van der Waals surface area contributed by atoms with Gasteiger partial charge in [0.15, 0.2) is 5.65 Å². The van der Waals surface area contributed by atoms with E-state index in [1.165, 1.54) is 0 Å². The monoisotopic (exact) mass is 415 g/mol. The Morgan fingerprint density at radius 3 is 2.55 bits per heavy atom. The number of carbonyl (C=O) groups is 1. The number of benzene rings is 2. The average molecular weight is 415 g/mol. The van der Waals surface area contributed by atoms with Crippen LogP contribution in [0.25, 0.3) is 27.9 Å². The van der Waals surface area contributed by atoms with Crippen LogP contribution in [0.2, 0.25) is 0 Å². The summed E-state index contributed by atoms with van der Waals surface area (Å²) in [6.45, 7) is 6.78. The Kier molecular flexibility index (Phi) is 5.84. The van der Waals surface area contributed by atoms with Gasteiger partial charge in [0, 0.05) is 12.2 Å². The Balaban J connectivity index is 1.85. The number of amides is 1. The predicted molar refractivity (Wildman–Crippen MR) is 124 cm³/mol.